The number of amides is 2. The number of carbonyl (C=O) groups excluding carboxylic acids is 1. The lowest BCUT2D eigenvalue weighted by Crippen LogP contribution is -2.54. The third-order valence-electron chi connectivity index (χ3n) is 5.17. The van der Waals surface area contributed by atoms with Crippen molar-refractivity contribution >= 4 is 12.0 Å². The van der Waals surface area contributed by atoms with Crippen LogP contribution in [0.15, 0.2) is 24.3 Å². The highest BCUT2D eigenvalue weighted by Gasteiger charge is 2.35. The third kappa shape index (κ3) is 5.35. The average molecular weight is 377 g/mol. The van der Waals surface area contributed by atoms with Crippen LogP contribution in [-0.2, 0) is 11.3 Å². The minimum Gasteiger partial charge on any atom is -0.497 e. The van der Waals surface area contributed by atoms with Crippen molar-refractivity contribution in [2.75, 3.05) is 20.2 Å². The minimum absolute atomic E-state index is 0.0574. The summed E-state index contributed by atoms with van der Waals surface area (Å²) >= 11 is 0. The van der Waals surface area contributed by atoms with Crippen molar-refractivity contribution in [3.63, 3.8) is 0 Å². The second-order valence-electron chi connectivity index (χ2n) is 8.16. The fraction of sp³-hybridized carbons (Fsp3) is 0.600. The first-order valence-corrected chi connectivity index (χ1v) is 9.30. The molecule has 1 aliphatic heterocycles. The molecule has 27 heavy (non-hydrogen) atoms. The fourth-order valence-electron chi connectivity index (χ4n) is 3.25. The number of nitrogens with two attached hydrogens (primary N) is 1. The Balaban J connectivity index is 1.98. The number of hydrogen-bond acceptors (Lipinski definition) is 4. The van der Waals surface area contributed by atoms with Gasteiger partial charge in [-0.2, -0.15) is 0 Å². The van der Waals surface area contributed by atoms with Gasteiger partial charge in [0.2, 0.25) is 5.91 Å². The molecule has 0 bridgehead atoms. The van der Waals surface area contributed by atoms with Crippen molar-refractivity contribution < 1.29 is 19.4 Å². The normalized spacial score (nSPS) is 16.7. The molecule has 1 heterocycles. The van der Waals surface area contributed by atoms with Crippen LogP contribution in [0.25, 0.3) is 0 Å². The van der Waals surface area contributed by atoms with E-state index < -0.39 is 12.1 Å². The molecule has 1 fully saturated rings. The van der Waals surface area contributed by atoms with Gasteiger partial charge < -0.3 is 25.4 Å². The largest absolute Gasteiger partial charge is 0.497 e. The summed E-state index contributed by atoms with van der Waals surface area (Å²) in [6.07, 6.45) is 0.290. The van der Waals surface area contributed by atoms with Crippen LogP contribution in [0.5, 0.6) is 5.75 Å². The van der Waals surface area contributed by atoms with Crippen LogP contribution in [-0.4, -0.2) is 59.2 Å². The molecule has 0 saturated carbocycles. The smallest absolute Gasteiger partial charge is 0.407 e. The summed E-state index contributed by atoms with van der Waals surface area (Å²) in [5.74, 6) is 0.681. The molecule has 1 aromatic carbocycles. The van der Waals surface area contributed by atoms with E-state index in [1.807, 2.05) is 45.0 Å². The Labute approximate surface area is 161 Å². The van der Waals surface area contributed by atoms with Crippen LogP contribution in [0.4, 0.5) is 4.79 Å². The molecule has 0 unspecified atom stereocenters. The van der Waals surface area contributed by atoms with Gasteiger partial charge in [-0.1, -0.05) is 32.9 Å². The molecule has 0 aromatic heterocycles. The van der Waals surface area contributed by atoms with Crippen LogP contribution < -0.4 is 10.5 Å². The Bertz CT molecular complexity index is 646. The fourth-order valence-corrected chi connectivity index (χ4v) is 3.25. The van der Waals surface area contributed by atoms with Crippen molar-refractivity contribution in [3.8, 4) is 5.75 Å². The van der Waals surface area contributed by atoms with Gasteiger partial charge in [0.25, 0.3) is 0 Å². The van der Waals surface area contributed by atoms with E-state index in [1.54, 1.807) is 12.0 Å². The molecule has 0 aliphatic carbocycles. The van der Waals surface area contributed by atoms with Crippen LogP contribution in [0.1, 0.15) is 39.2 Å². The Hall–Kier alpha value is -2.28. The molecule has 2 rings (SSSR count). The summed E-state index contributed by atoms with van der Waals surface area (Å²) in [5.41, 5.74) is 6.70. The van der Waals surface area contributed by atoms with Gasteiger partial charge in [-0.3, -0.25) is 4.79 Å². The Morgan fingerprint density at radius 3 is 2.26 bits per heavy atom. The Kier molecular flexibility index (Phi) is 6.70. The van der Waals surface area contributed by atoms with Crippen molar-refractivity contribution in [1.29, 1.82) is 0 Å². The second kappa shape index (κ2) is 8.61. The molecular weight excluding hydrogens is 346 g/mol. The van der Waals surface area contributed by atoms with Gasteiger partial charge in [0.15, 0.2) is 0 Å². The molecule has 1 atom stereocenters. The topological polar surface area (TPSA) is 96.1 Å². The van der Waals surface area contributed by atoms with Gasteiger partial charge in [-0.25, -0.2) is 4.79 Å². The maximum absolute atomic E-state index is 12.6. The van der Waals surface area contributed by atoms with E-state index in [0.717, 1.165) is 11.3 Å². The summed E-state index contributed by atoms with van der Waals surface area (Å²) < 4.78 is 5.14. The lowest BCUT2D eigenvalue weighted by molar-refractivity contribution is -0.136. The molecule has 2 amide bonds. The lowest BCUT2D eigenvalue weighted by atomic mass is 9.86. The van der Waals surface area contributed by atoms with Gasteiger partial charge in [-0.05, 0) is 36.0 Å². The quantitative estimate of drug-likeness (QED) is 0.822. The molecule has 7 nitrogen and oxygen atoms in total. The second-order valence-corrected chi connectivity index (χ2v) is 8.16. The Morgan fingerprint density at radius 1 is 1.26 bits per heavy atom. The monoisotopic (exact) mass is 377 g/mol. The summed E-state index contributed by atoms with van der Waals surface area (Å²) in [5, 5.41) is 9.66. The van der Waals surface area contributed by atoms with Crippen LogP contribution >= 0.6 is 0 Å². The van der Waals surface area contributed by atoms with E-state index in [1.165, 1.54) is 4.90 Å². The zero-order chi connectivity index (χ0) is 20.2. The average Bonchev–Trinajstić information content (AvgIpc) is 2.64. The predicted molar refractivity (Wildman–Crippen MR) is 104 cm³/mol. The number of nitrogens with zero attached hydrogens (tertiary/aromatic N) is 2. The molecule has 1 saturated heterocycles. The predicted octanol–water partition coefficient (Wildman–Crippen LogP) is 2.54. The van der Waals surface area contributed by atoms with Gasteiger partial charge in [-0.15, -0.1) is 0 Å². The van der Waals surface area contributed by atoms with Gasteiger partial charge >= 0.3 is 6.09 Å². The number of likely N-dealkylation sites (tertiary alicyclic amines) is 1. The number of piperidine rings is 1. The van der Waals surface area contributed by atoms with Gasteiger partial charge in [0, 0.05) is 25.7 Å². The summed E-state index contributed by atoms with van der Waals surface area (Å²) in [6, 6.07) is 6.73. The van der Waals surface area contributed by atoms with Gasteiger partial charge in [0.1, 0.15) is 5.75 Å². The number of rotatable bonds is 5. The summed E-state index contributed by atoms with van der Waals surface area (Å²) in [7, 11) is 1.60. The molecule has 7 heteroatoms. The van der Waals surface area contributed by atoms with Crippen molar-refractivity contribution in [3.05, 3.63) is 29.8 Å². The van der Waals surface area contributed by atoms with Gasteiger partial charge in [0.05, 0.1) is 13.2 Å². The van der Waals surface area contributed by atoms with E-state index in [9.17, 15) is 14.7 Å². The molecular formula is C20H31N3O4. The summed E-state index contributed by atoms with van der Waals surface area (Å²) in [4.78, 5) is 27.6. The molecule has 3 N–H and O–H groups in total. The first-order valence-electron chi connectivity index (χ1n) is 9.30. The summed E-state index contributed by atoms with van der Waals surface area (Å²) in [6.45, 7) is 7.22. The molecule has 0 radical (unpaired) electrons. The van der Waals surface area contributed by atoms with Crippen molar-refractivity contribution in [1.82, 2.24) is 9.80 Å². The number of carboxylic acid groups (broad SMARTS) is 1. The molecule has 1 aliphatic rings. The number of carbonyl (C=O) groups is 2. The van der Waals surface area contributed by atoms with Crippen LogP contribution in [0.3, 0.4) is 0 Å². The van der Waals surface area contributed by atoms with Crippen molar-refractivity contribution in [2.24, 2.45) is 11.1 Å². The zero-order valence-corrected chi connectivity index (χ0v) is 16.6. The maximum Gasteiger partial charge on any atom is 0.407 e. The third-order valence-corrected chi connectivity index (χ3v) is 5.17. The highest BCUT2D eigenvalue weighted by molar-refractivity contribution is 5.82. The van der Waals surface area contributed by atoms with E-state index in [4.69, 9.17) is 10.5 Å². The maximum atomic E-state index is 12.6. The lowest BCUT2D eigenvalue weighted by Gasteiger charge is -2.39. The van der Waals surface area contributed by atoms with E-state index in [2.05, 4.69) is 0 Å². The number of hydrogen-bond donors (Lipinski definition) is 2. The SMILES string of the molecule is COc1ccc(CN(C(=O)O)C2CCN(C(=O)[C@@H](N)C(C)(C)C)CC2)cc1. The van der Waals surface area contributed by atoms with Crippen LogP contribution in [0, 0.1) is 5.41 Å². The zero-order valence-electron chi connectivity index (χ0n) is 16.6. The number of methoxy groups -OCH3 is 1. The standard InChI is InChI=1S/C20H31N3O4/c1-20(2,3)17(21)18(24)22-11-9-15(10-12-22)23(19(25)26)13-14-5-7-16(27-4)8-6-14/h5-8,15,17H,9-13,21H2,1-4H3,(H,25,26)/t17-/m1/s1. The van der Waals surface area contributed by atoms with Crippen LogP contribution in [0.2, 0.25) is 0 Å². The van der Waals surface area contributed by atoms with E-state index in [0.29, 0.717) is 32.5 Å². The first kappa shape index (κ1) is 21.0. The Morgan fingerprint density at radius 2 is 1.81 bits per heavy atom. The minimum atomic E-state index is -0.943. The molecule has 1 aromatic rings. The highest BCUT2D eigenvalue weighted by atomic mass is 16.5. The highest BCUT2D eigenvalue weighted by Crippen LogP contribution is 2.24. The first-order chi connectivity index (χ1) is 12.6. The number of ether oxygens (including phenoxy) is 1. The van der Waals surface area contributed by atoms with E-state index in [-0.39, 0.29) is 17.4 Å². The van der Waals surface area contributed by atoms with Crippen molar-refractivity contribution in [2.45, 2.75) is 52.2 Å². The molecule has 150 valence electrons. The number of benzene rings is 1. The molecule has 0 spiro atoms. The van der Waals surface area contributed by atoms with E-state index >= 15 is 0 Å².